The van der Waals surface area contributed by atoms with Crippen molar-refractivity contribution in [2.45, 2.75) is 33.6 Å². The summed E-state index contributed by atoms with van der Waals surface area (Å²) < 4.78 is 12.5. The SMILES string of the molecule is COc1ccc(OC)c(NC(=O)CCc2c(C)nc3c(c(C)nn3-c3ccccc3)c2C)c1. The number of para-hydroxylation sites is 1. The molecule has 2 aromatic heterocycles. The zero-order valence-electron chi connectivity index (χ0n) is 19.6. The number of amides is 1. The van der Waals surface area contributed by atoms with Gasteiger partial charge in [-0.25, -0.2) is 9.67 Å². The number of methoxy groups -OCH3 is 2. The quantitative estimate of drug-likeness (QED) is 0.437. The average Bonchev–Trinajstić information content (AvgIpc) is 3.15. The number of ether oxygens (including phenoxy) is 2. The summed E-state index contributed by atoms with van der Waals surface area (Å²) >= 11 is 0. The predicted molar refractivity (Wildman–Crippen MR) is 130 cm³/mol. The van der Waals surface area contributed by atoms with E-state index in [1.165, 1.54) is 0 Å². The lowest BCUT2D eigenvalue weighted by Crippen LogP contribution is -2.14. The second-order valence-electron chi connectivity index (χ2n) is 7.95. The van der Waals surface area contributed by atoms with E-state index >= 15 is 0 Å². The van der Waals surface area contributed by atoms with E-state index in [4.69, 9.17) is 19.6 Å². The lowest BCUT2D eigenvalue weighted by atomic mass is 9.99. The second kappa shape index (κ2) is 9.32. The number of nitrogens with zero attached hydrogens (tertiary/aromatic N) is 3. The largest absolute Gasteiger partial charge is 0.497 e. The Morgan fingerprint density at radius 2 is 1.76 bits per heavy atom. The number of nitrogens with one attached hydrogen (secondary N) is 1. The highest BCUT2D eigenvalue weighted by atomic mass is 16.5. The smallest absolute Gasteiger partial charge is 0.224 e. The van der Waals surface area contributed by atoms with Crippen molar-refractivity contribution in [3.05, 3.63) is 71.0 Å². The highest BCUT2D eigenvalue weighted by Crippen LogP contribution is 2.30. The second-order valence-corrected chi connectivity index (χ2v) is 7.95. The molecule has 170 valence electrons. The van der Waals surface area contributed by atoms with Gasteiger partial charge in [0.1, 0.15) is 11.5 Å². The van der Waals surface area contributed by atoms with Gasteiger partial charge >= 0.3 is 0 Å². The van der Waals surface area contributed by atoms with Gasteiger partial charge in [0.15, 0.2) is 5.65 Å². The molecule has 4 rings (SSSR count). The van der Waals surface area contributed by atoms with E-state index in [0.717, 1.165) is 39.2 Å². The van der Waals surface area contributed by atoms with Crippen LogP contribution in [0.25, 0.3) is 16.7 Å². The summed E-state index contributed by atoms with van der Waals surface area (Å²) in [6, 6.07) is 15.3. The molecule has 0 saturated carbocycles. The van der Waals surface area contributed by atoms with Crippen LogP contribution in [-0.4, -0.2) is 34.9 Å². The topological polar surface area (TPSA) is 78.3 Å². The van der Waals surface area contributed by atoms with Crippen LogP contribution in [0, 0.1) is 20.8 Å². The number of benzene rings is 2. The van der Waals surface area contributed by atoms with Crippen molar-refractivity contribution in [1.29, 1.82) is 0 Å². The molecule has 0 radical (unpaired) electrons. The van der Waals surface area contributed by atoms with Crippen LogP contribution >= 0.6 is 0 Å². The third-order valence-electron chi connectivity index (χ3n) is 5.86. The van der Waals surface area contributed by atoms with E-state index in [1.54, 1.807) is 32.4 Å². The van der Waals surface area contributed by atoms with E-state index in [1.807, 2.05) is 48.9 Å². The Morgan fingerprint density at radius 1 is 1.00 bits per heavy atom. The molecule has 2 aromatic carbocycles. The van der Waals surface area contributed by atoms with Crippen LogP contribution in [0.15, 0.2) is 48.5 Å². The third kappa shape index (κ3) is 4.39. The molecule has 1 N–H and O–H groups in total. The first-order valence-corrected chi connectivity index (χ1v) is 10.9. The minimum atomic E-state index is -0.0999. The molecule has 0 fully saturated rings. The molecule has 0 aliphatic heterocycles. The Hall–Kier alpha value is -3.87. The van der Waals surface area contributed by atoms with Gasteiger partial charge in [-0.15, -0.1) is 0 Å². The number of carbonyl (C=O) groups is 1. The first-order chi connectivity index (χ1) is 15.9. The highest BCUT2D eigenvalue weighted by Gasteiger charge is 2.18. The summed E-state index contributed by atoms with van der Waals surface area (Å²) in [7, 11) is 3.16. The number of aromatic nitrogens is 3. The van der Waals surface area contributed by atoms with Crippen molar-refractivity contribution in [2.75, 3.05) is 19.5 Å². The molecule has 0 aliphatic carbocycles. The molecule has 4 aromatic rings. The van der Waals surface area contributed by atoms with Gasteiger partial charge in [0.05, 0.1) is 31.3 Å². The summed E-state index contributed by atoms with van der Waals surface area (Å²) in [5, 5.41) is 8.71. The minimum Gasteiger partial charge on any atom is -0.497 e. The number of carbonyl (C=O) groups excluding carboxylic acids is 1. The Balaban J connectivity index is 1.59. The normalized spacial score (nSPS) is 10.9. The molecule has 7 heteroatoms. The molecule has 0 aliphatic rings. The molecule has 33 heavy (non-hydrogen) atoms. The zero-order chi connectivity index (χ0) is 23.5. The molecule has 0 unspecified atom stereocenters. The lowest BCUT2D eigenvalue weighted by Gasteiger charge is -2.13. The molecule has 2 heterocycles. The van der Waals surface area contributed by atoms with Gasteiger partial charge in [0, 0.05) is 23.6 Å². The fourth-order valence-electron chi connectivity index (χ4n) is 4.19. The van der Waals surface area contributed by atoms with E-state index in [9.17, 15) is 4.79 Å². The molecule has 0 spiro atoms. The number of fused-ring (bicyclic) bond motifs is 1. The van der Waals surface area contributed by atoms with Crippen molar-refractivity contribution in [1.82, 2.24) is 14.8 Å². The van der Waals surface area contributed by atoms with E-state index in [0.29, 0.717) is 30.0 Å². The Kier molecular flexibility index (Phi) is 6.31. The fourth-order valence-corrected chi connectivity index (χ4v) is 4.19. The summed E-state index contributed by atoms with van der Waals surface area (Å²) in [6.07, 6.45) is 0.899. The predicted octanol–water partition coefficient (Wildman–Crippen LogP) is 4.93. The van der Waals surface area contributed by atoms with Gasteiger partial charge in [0.2, 0.25) is 5.91 Å². The molecule has 0 bridgehead atoms. The number of pyridine rings is 1. The molecule has 7 nitrogen and oxygen atoms in total. The number of anilines is 1. The fraction of sp³-hybridized carbons (Fsp3) is 0.269. The Labute approximate surface area is 193 Å². The van der Waals surface area contributed by atoms with Crippen molar-refractivity contribution in [2.24, 2.45) is 0 Å². The van der Waals surface area contributed by atoms with Gasteiger partial charge in [0.25, 0.3) is 0 Å². The van der Waals surface area contributed by atoms with E-state index in [-0.39, 0.29) is 5.91 Å². The van der Waals surface area contributed by atoms with Crippen LogP contribution in [-0.2, 0) is 11.2 Å². The first kappa shape index (κ1) is 22.3. The molecule has 1 amide bonds. The van der Waals surface area contributed by atoms with Crippen LogP contribution in [0.5, 0.6) is 11.5 Å². The van der Waals surface area contributed by atoms with Crippen molar-refractivity contribution in [3.63, 3.8) is 0 Å². The van der Waals surface area contributed by atoms with Crippen LogP contribution in [0.1, 0.15) is 28.9 Å². The van der Waals surface area contributed by atoms with Crippen molar-refractivity contribution in [3.8, 4) is 17.2 Å². The van der Waals surface area contributed by atoms with E-state index in [2.05, 4.69) is 12.2 Å². The third-order valence-corrected chi connectivity index (χ3v) is 5.86. The Bertz CT molecular complexity index is 1310. The number of rotatable bonds is 7. The van der Waals surface area contributed by atoms with Crippen LogP contribution in [0.2, 0.25) is 0 Å². The zero-order valence-corrected chi connectivity index (χ0v) is 19.6. The maximum absolute atomic E-state index is 12.8. The van der Waals surface area contributed by atoms with Crippen molar-refractivity contribution >= 4 is 22.6 Å². The van der Waals surface area contributed by atoms with E-state index < -0.39 is 0 Å². The monoisotopic (exact) mass is 444 g/mol. The van der Waals surface area contributed by atoms with Gasteiger partial charge in [-0.2, -0.15) is 5.10 Å². The Morgan fingerprint density at radius 3 is 2.45 bits per heavy atom. The number of hydrogen-bond acceptors (Lipinski definition) is 5. The van der Waals surface area contributed by atoms with Gasteiger partial charge in [-0.3, -0.25) is 4.79 Å². The summed E-state index contributed by atoms with van der Waals surface area (Å²) in [5.41, 5.74) is 6.41. The maximum Gasteiger partial charge on any atom is 0.224 e. The summed E-state index contributed by atoms with van der Waals surface area (Å²) in [6.45, 7) is 6.07. The minimum absolute atomic E-state index is 0.0999. The van der Waals surface area contributed by atoms with Gasteiger partial charge < -0.3 is 14.8 Å². The first-order valence-electron chi connectivity index (χ1n) is 10.9. The summed E-state index contributed by atoms with van der Waals surface area (Å²) in [4.78, 5) is 17.6. The number of hydrogen-bond donors (Lipinski definition) is 1. The van der Waals surface area contributed by atoms with Gasteiger partial charge in [-0.1, -0.05) is 18.2 Å². The number of aryl methyl sites for hydroxylation is 3. The lowest BCUT2D eigenvalue weighted by molar-refractivity contribution is -0.116. The van der Waals surface area contributed by atoms with Crippen molar-refractivity contribution < 1.29 is 14.3 Å². The average molecular weight is 445 g/mol. The highest BCUT2D eigenvalue weighted by molar-refractivity contribution is 5.93. The molecule has 0 atom stereocenters. The molecule has 0 saturated heterocycles. The maximum atomic E-state index is 12.8. The van der Waals surface area contributed by atoms with Crippen LogP contribution < -0.4 is 14.8 Å². The molecular formula is C26H28N4O3. The summed E-state index contributed by atoms with van der Waals surface area (Å²) in [5.74, 6) is 1.14. The van der Waals surface area contributed by atoms with Crippen LogP contribution in [0.3, 0.4) is 0 Å². The molecular weight excluding hydrogens is 416 g/mol. The van der Waals surface area contributed by atoms with Crippen LogP contribution in [0.4, 0.5) is 5.69 Å². The standard InChI is InChI=1S/C26H28N4O3/c1-16-21(12-14-24(31)28-22-15-20(32-4)11-13-23(22)33-5)17(2)27-26-25(16)18(3)29-30(26)19-9-7-6-8-10-19/h6-11,13,15H,12,14H2,1-5H3,(H,28,31). The van der Waals surface area contributed by atoms with Gasteiger partial charge in [-0.05, 0) is 62.6 Å².